The Morgan fingerprint density at radius 1 is 0.962 bits per heavy atom. The standard InChI is InChI=1S/C22H22N2O2/c1-13-3-4-14(2)21-17(13)9-10-20(24-21)19-12-11-18(23-19)15-5-7-16(8-6-15)22(25)26/h5-14,23H,3-4H2,1-2H3,(H,25,26). The van der Waals surface area contributed by atoms with Crippen molar-refractivity contribution < 1.29 is 9.90 Å². The first-order valence-electron chi connectivity index (χ1n) is 9.07. The van der Waals surface area contributed by atoms with Crippen molar-refractivity contribution in [2.24, 2.45) is 0 Å². The van der Waals surface area contributed by atoms with E-state index in [2.05, 4.69) is 31.0 Å². The van der Waals surface area contributed by atoms with Crippen LogP contribution in [0, 0.1) is 0 Å². The van der Waals surface area contributed by atoms with Gasteiger partial charge in [0.15, 0.2) is 0 Å². The Bertz CT molecular complexity index is 957. The fourth-order valence-corrected chi connectivity index (χ4v) is 3.74. The van der Waals surface area contributed by atoms with E-state index in [9.17, 15) is 4.79 Å². The molecule has 2 N–H and O–H groups in total. The van der Waals surface area contributed by atoms with Gasteiger partial charge in [0.25, 0.3) is 0 Å². The predicted molar refractivity (Wildman–Crippen MR) is 102 cm³/mol. The first-order valence-corrected chi connectivity index (χ1v) is 9.07. The maximum Gasteiger partial charge on any atom is 0.335 e. The Morgan fingerprint density at radius 2 is 1.65 bits per heavy atom. The van der Waals surface area contributed by atoms with Gasteiger partial charge < -0.3 is 10.1 Å². The van der Waals surface area contributed by atoms with Crippen molar-refractivity contribution >= 4 is 5.97 Å². The molecular weight excluding hydrogens is 324 g/mol. The van der Waals surface area contributed by atoms with Crippen molar-refractivity contribution in [1.82, 2.24) is 9.97 Å². The maximum absolute atomic E-state index is 11.0. The van der Waals surface area contributed by atoms with E-state index >= 15 is 0 Å². The summed E-state index contributed by atoms with van der Waals surface area (Å²) in [4.78, 5) is 19.4. The van der Waals surface area contributed by atoms with Crippen molar-refractivity contribution in [1.29, 1.82) is 0 Å². The number of carbonyl (C=O) groups is 1. The Kier molecular flexibility index (Phi) is 4.11. The zero-order valence-corrected chi connectivity index (χ0v) is 15.0. The molecule has 4 rings (SSSR count). The van der Waals surface area contributed by atoms with E-state index in [0.29, 0.717) is 17.4 Å². The molecule has 2 heterocycles. The van der Waals surface area contributed by atoms with Gasteiger partial charge in [0, 0.05) is 11.4 Å². The molecule has 0 radical (unpaired) electrons. The van der Waals surface area contributed by atoms with Crippen molar-refractivity contribution in [2.75, 3.05) is 0 Å². The molecular formula is C22H22N2O2. The molecule has 132 valence electrons. The first-order chi connectivity index (χ1) is 12.5. The van der Waals surface area contributed by atoms with Crippen LogP contribution in [0.5, 0.6) is 0 Å². The van der Waals surface area contributed by atoms with Crippen molar-refractivity contribution in [3.8, 4) is 22.6 Å². The molecule has 0 spiro atoms. The van der Waals surface area contributed by atoms with E-state index in [1.165, 1.54) is 24.1 Å². The van der Waals surface area contributed by atoms with E-state index in [-0.39, 0.29) is 0 Å². The van der Waals surface area contributed by atoms with Gasteiger partial charge in [0.05, 0.1) is 17.0 Å². The minimum Gasteiger partial charge on any atom is -0.478 e. The number of aromatic amines is 1. The van der Waals surface area contributed by atoms with Gasteiger partial charge in [-0.1, -0.05) is 32.0 Å². The molecule has 4 nitrogen and oxygen atoms in total. The normalized spacial score (nSPS) is 19.2. The van der Waals surface area contributed by atoms with Crippen LogP contribution >= 0.6 is 0 Å². The highest BCUT2D eigenvalue weighted by molar-refractivity contribution is 5.88. The molecule has 0 bridgehead atoms. The highest BCUT2D eigenvalue weighted by Crippen LogP contribution is 2.38. The second kappa shape index (κ2) is 6.45. The number of benzene rings is 1. The summed E-state index contributed by atoms with van der Waals surface area (Å²) < 4.78 is 0. The average molecular weight is 346 g/mol. The summed E-state index contributed by atoms with van der Waals surface area (Å²) >= 11 is 0. The van der Waals surface area contributed by atoms with Crippen LogP contribution in [-0.2, 0) is 0 Å². The number of rotatable bonds is 3. The van der Waals surface area contributed by atoms with Crippen molar-refractivity contribution in [3.63, 3.8) is 0 Å². The molecule has 2 atom stereocenters. The molecule has 4 heteroatoms. The third-order valence-electron chi connectivity index (χ3n) is 5.39. The number of nitrogens with one attached hydrogen (secondary N) is 1. The molecule has 1 aliphatic rings. The molecule has 3 aromatic rings. The highest BCUT2D eigenvalue weighted by atomic mass is 16.4. The third kappa shape index (κ3) is 2.92. The van der Waals surface area contributed by atoms with Gasteiger partial charge in [-0.15, -0.1) is 0 Å². The predicted octanol–water partition coefficient (Wildman–Crippen LogP) is 5.44. The van der Waals surface area contributed by atoms with Crippen LogP contribution in [-0.4, -0.2) is 21.0 Å². The minimum atomic E-state index is -0.912. The molecule has 2 unspecified atom stereocenters. The highest BCUT2D eigenvalue weighted by Gasteiger charge is 2.23. The Labute approximate surface area is 152 Å². The quantitative estimate of drug-likeness (QED) is 0.663. The zero-order chi connectivity index (χ0) is 18.3. The van der Waals surface area contributed by atoms with Gasteiger partial charge >= 0.3 is 5.97 Å². The number of hydrogen-bond acceptors (Lipinski definition) is 2. The van der Waals surface area contributed by atoms with E-state index in [4.69, 9.17) is 10.1 Å². The molecule has 0 saturated carbocycles. The number of aromatic carboxylic acids is 1. The van der Waals surface area contributed by atoms with Crippen LogP contribution in [0.25, 0.3) is 22.6 Å². The summed E-state index contributed by atoms with van der Waals surface area (Å²) in [6.45, 7) is 4.53. The summed E-state index contributed by atoms with van der Waals surface area (Å²) in [5, 5.41) is 9.02. The fraction of sp³-hybridized carbons (Fsp3) is 0.273. The molecule has 0 aliphatic heterocycles. The molecule has 1 aliphatic carbocycles. The SMILES string of the molecule is CC1CCC(C)c2nc(-c3ccc(-c4ccc(C(=O)O)cc4)[nH]3)ccc21. The summed E-state index contributed by atoms with van der Waals surface area (Å²) in [6.07, 6.45) is 2.42. The number of carboxylic acid groups (broad SMARTS) is 1. The van der Waals surface area contributed by atoms with Gasteiger partial charge in [0.1, 0.15) is 0 Å². The summed E-state index contributed by atoms with van der Waals surface area (Å²) in [5.74, 6) is 0.166. The minimum absolute atomic E-state index is 0.292. The van der Waals surface area contributed by atoms with Crippen LogP contribution in [0.1, 0.15) is 60.1 Å². The van der Waals surface area contributed by atoms with E-state index < -0.39 is 5.97 Å². The second-order valence-electron chi connectivity index (χ2n) is 7.22. The van der Waals surface area contributed by atoms with Crippen molar-refractivity contribution in [3.05, 3.63) is 65.4 Å². The monoisotopic (exact) mass is 346 g/mol. The van der Waals surface area contributed by atoms with E-state index in [0.717, 1.165) is 22.6 Å². The summed E-state index contributed by atoms with van der Waals surface area (Å²) in [6, 6.07) is 15.3. The lowest BCUT2D eigenvalue weighted by molar-refractivity contribution is 0.0697. The van der Waals surface area contributed by atoms with Crippen LogP contribution in [0.15, 0.2) is 48.5 Å². The number of carboxylic acids is 1. The summed E-state index contributed by atoms with van der Waals surface area (Å²) in [7, 11) is 0. The van der Waals surface area contributed by atoms with E-state index in [1.54, 1.807) is 12.1 Å². The maximum atomic E-state index is 11.0. The van der Waals surface area contributed by atoms with Gasteiger partial charge in [-0.3, -0.25) is 4.98 Å². The first kappa shape index (κ1) is 16.6. The van der Waals surface area contributed by atoms with Gasteiger partial charge in [0.2, 0.25) is 0 Å². The number of aromatic nitrogens is 2. The third-order valence-corrected chi connectivity index (χ3v) is 5.39. The van der Waals surface area contributed by atoms with Crippen LogP contribution in [0.2, 0.25) is 0 Å². The molecule has 0 amide bonds. The lowest BCUT2D eigenvalue weighted by Gasteiger charge is -2.26. The average Bonchev–Trinajstić information content (AvgIpc) is 3.15. The largest absolute Gasteiger partial charge is 0.478 e. The zero-order valence-electron chi connectivity index (χ0n) is 15.0. The van der Waals surface area contributed by atoms with Crippen LogP contribution in [0.4, 0.5) is 0 Å². The molecule has 0 saturated heterocycles. The number of fused-ring (bicyclic) bond motifs is 1. The number of hydrogen-bond donors (Lipinski definition) is 2. The smallest absolute Gasteiger partial charge is 0.335 e. The lowest BCUT2D eigenvalue weighted by Crippen LogP contribution is -2.13. The Balaban J connectivity index is 1.66. The number of nitrogens with zero attached hydrogens (tertiary/aromatic N) is 1. The van der Waals surface area contributed by atoms with Crippen molar-refractivity contribution in [2.45, 2.75) is 38.5 Å². The van der Waals surface area contributed by atoms with E-state index in [1.807, 2.05) is 24.3 Å². The fourth-order valence-electron chi connectivity index (χ4n) is 3.74. The molecule has 0 fully saturated rings. The molecule has 1 aromatic carbocycles. The topological polar surface area (TPSA) is 66.0 Å². The Morgan fingerprint density at radius 3 is 2.38 bits per heavy atom. The van der Waals surface area contributed by atoms with Crippen LogP contribution < -0.4 is 0 Å². The van der Waals surface area contributed by atoms with Gasteiger partial charge in [-0.2, -0.15) is 0 Å². The number of H-pyrrole nitrogens is 1. The van der Waals surface area contributed by atoms with Crippen LogP contribution in [0.3, 0.4) is 0 Å². The second-order valence-corrected chi connectivity index (χ2v) is 7.22. The van der Waals surface area contributed by atoms with Gasteiger partial charge in [-0.05, 0) is 66.1 Å². The Hall–Kier alpha value is -2.88. The molecule has 2 aromatic heterocycles. The van der Waals surface area contributed by atoms with Gasteiger partial charge in [-0.25, -0.2) is 4.79 Å². The summed E-state index contributed by atoms with van der Waals surface area (Å²) in [5.41, 5.74) is 6.75. The lowest BCUT2D eigenvalue weighted by atomic mass is 9.81. The number of pyridine rings is 1. The molecule has 26 heavy (non-hydrogen) atoms.